The van der Waals surface area contributed by atoms with Crippen LogP contribution in [-0.2, 0) is 27.8 Å². The van der Waals surface area contributed by atoms with Crippen LogP contribution in [0.1, 0.15) is 74.7 Å². The number of oxime groups is 1. The molecule has 1 aromatic heterocycles. The Balaban J connectivity index is 1.53. The highest BCUT2D eigenvalue weighted by molar-refractivity contribution is 7.89. The van der Waals surface area contributed by atoms with Gasteiger partial charge in [-0.05, 0) is 54.4 Å². The van der Waals surface area contributed by atoms with Crippen molar-refractivity contribution >= 4 is 39.5 Å². The average Bonchev–Trinajstić information content (AvgIpc) is 3.53. The molecule has 0 saturated heterocycles. The van der Waals surface area contributed by atoms with E-state index in [4.69, 9.17) is 5.21 Å². The number of urea groups is 1. The standard InChI is InChI=1S/C36H50N6O6S2/c1-24(2)33(40-36(45)41(5)21-29-23-49-35(38-29)25(3)4)34(44)39-31(18-26-10-7-6-8-11-26)32(43)22-42(20-28-12-9-13-28)50(47,48)30-16-14-27(15-17-30)19-37-46/h6-8,10-11,14-17,19,23-25,28,31-33,43,46H,9,12-13,18,20-22H2,1-5H3,(H,39,44)(H,40,45)/t31-,32+,33-/m0/s1. The molecule has 12 nitrogen and oxygen atoms in total. The molecule has 0 radical (unpaired) electrons. The summed E-state index contributed by atoms with van der Waals surface area (Å²) in [6.07, 6.45) is 2.97. The first kappa shape index (κ1) is 38.9. The van der Waals surface area contributed by atoms with Crippen LogP contribution < -0.4 is 10.6 Å². The lowest BCUT2D eigenvalue weighted by atomic mass is 9.85. The van der Waals surface area contributed by atoms with Crippen LogP contribution in [0.15, 0.2) is 70.0 Å². The molecule has 50 heavy (non-hydrogen) atoms. The number of carbonyl (C=O) groups excluding carboxylic acids is 2. The zero-order valence-electron chi connectivity index (χ0n) is 29.4. The van der Waals surface area contributed by atoms with Gasteiger partial charge in [-0.15, -0.1) is 11.3 Å². The van der Waals surface area contributed by atoms with Gasteiger partial charge in [0.1, 0.15) is 6.04 Å². The van der Waals surface area contributed by atoms with Gasteiger partial charge in [-0.1, -0.05) is 81.7 Å². The predicted molar refractivity (Wildman–Crippen MR) is 195 cm³/mol. The number of aliphatic hydroxyl groups excluding tert-OH is 1. The number of benzene rings is 2. The summed E-state index contributed by atoms with van der Waals surface area (Å²) in [7, 11) is -2.39. The van der Waals surface area contributed by atoms with Gasteiger partial charge in [0, 0.05) is 31.4 Å². The second kappa shape index (κ2) is 17.9. The molecular weight excluding hydrogens is 677 g/mol. The molecule has 1 saturated carbocycles. The molecule has 272 valence electrons. The van der Waals surface area contributed by atoms with Gasteiger partial charge < -0.3 is 25.8 Å². The zero-order valence-corrected chi connectivity index (χ0v) is 31.0. The number of carbonyl (C=O) groups is 2. The van der Waals surface area contributed by atoms with Crippen molar-refractivity contribution in [3.63, 3.8) is 0 Å². The molecular formula is C36H50N6O6S2. The van der Waals surface area contributed by atoms with Gasteiger partial charge >= 0.3 is 6.03 Å². The van der Waals surface area contributed by atoms with E-state index in [9.17, 15) is 23.1 Å². The number of sulfonamides is 1. The zero-order chi connectivity index (χ0) is 36.4. The molecule has 4 N–H and O–H groups in total. The van der Waals surface area contributed by atoms with E-state index in [-0.39, 0.29) is 48.7 Å². The van der Waals surface area contributed by atoms with Gasteiger partial charge in [-0.2, -0.15) is 4.31 Å². The summed E-state index contributed by atoms with van der Waals surface area (Å²) in [4.78, 5) is 33.3. The Bertz CT molecular complexity index is 1680. The Morgan fingerprint density at radius 3 is 2.30 bits per heavy atom. The fraction of sp³-hybridized carbons (Fsp3) is 0.500. The first-order valence-electron chi connectivity index (χ1n) is 17.0. The van der Waals surface area contributed by atoms with Gasteiger partial charge in [0.25, 0.3) is 0 Å². The Labute approximate surface area is 299 Å². The molecule has 3 aromatic rings. The van der Waals surface area contributed by atoms with Crippen LogP contribution >= 0.6 is 11.3 Å². The third-order valence-electron chi connectivity index (χ3n) is 8.93. The van der Waals surface area contributed by atoms with Gasteiger partial charge in [0.15, 0.2) is 0 Å². The maximum Gasteiger partial charge on any atom is 0.318 e. The van der Waals surface area contributed by atoms with Crippen molar-refractivity contribution in [2.75, 3.05) is 20.1 Å². The van der Waals surface area contributed by atoms with Crippen molar-refractivity contribution in [1.82, 2.24) is 24.8 Å². The molecule has 0 unspecified atom stereocenters. The van der Waals surface area contributed by atoms with E-state index in [1.165, 1.54) is 27.6 Å². The Morgan fingerprint density at radius 2 is 1.74 bits per heavy atom. The summed E-state index contributed by atoms with van der Waals surface area (Å²) in [5.41, 5.74) is 2.15. The highest BCUT2D eigenvalue weighted by Gasteiger charge is 2.35. The lowest BCUT2D eigenvalue weighted by Crippen LogP contribution is -2.58. The number of hydrogen-bond acceptors (Lipinski definition) is 9. The van der Waals surface area contributed by atoms with E-state index in [2.05, 4.69) is 34.6 Å². The van der Waals surface area contributed by atoms with E-state index < -0.39 is 40.1 Å². The van der Waals surface area contributed by atoms with Gasteiger partial charge in [-0.25, -0.2) is 18.2 Å². The summed E-state index contributed by atoms with van der Waals surface area (Å²) >= 11 is 1.55. The van der Waals surface area contributed by atoms with Gasteiger partial charge in [-0.3, -0.25) is 4.79 Å². The smallest absolute Gasteiger partial charge is 0.318 e. The van der Waals surface area contributed by atoms with E-state index in [1.54, 1.807) is 30.5 Å². The van der Waals surface area contributed by atoms with Crippen LogP contribution in [0.4, 0.5) is 4.79 Å². The van der Waals surface area contributed by atoms with Crippen LogP contribution in [0.3, 0.4) is 0 Å². The maximum absolute atomic E-state index is 14.0. The number of aromatic nitrogens is 1. The molecule has 14 heteroatoms. The molecule has 1 aliphatic rings. The monoisotopic (exact) mass is 726 g/mol. The molecule has 4 rings (SSSR count). The first-order valence-corrected chi connectivity index (χ1v) is 19.4. The Morgan fingerprint density at radius 1 is 1.06 bits per heavy atom. The Hall–Kier alpha value is -3.85. The molecule has 3 amide bonds. The number of amides is 3. The fourth-order valence-electron chi connectivity index (χ4n) is 5.69. The second-order valence-electron chi connectivity index (χ2n) is 13.7. The molecule has 3 atom stereocenters. The molecule has 1 heterocycles. The average molecular weight is 727 g/mol. The summed E-state index contributed by atoms with van der Waals surface area (Å²) in [5.74, 6) is -0.320. The van der Waals surface area contributed by atoms with Crippen molar-refractivity contribution in [3.05, 3.63) is 81.8 Å². The quantitative estimate of drug-likeness (QED) is 0.0880. The summed E-state index contributed by atoms with van der Waals surface area (Å²) in [6.45, 7) is 8.05. The number of nitrogens with zero attached hydrogens (tertiary/aromatic N) is 4. The first-order chi connectivity index (χ1) is 23.8. The predicted octanol–water partition coefficient (Wildman–Crippen LogP) is 4.82. The van der Waals surface area contributed by atoms with E-state index in [1.807, 2.05) is 49.6 Å². The van der Waals surface area contributed by atoms with Crippen LogP contribution in [-0.4, -0.2) is 89.4 Å². The lowest BCUT2D eigenvalue weighted by molar-refractivity contribution is -0.125. The number of rotatable bonds is 17. The van der Waals surface area contributed by atoms with Crippen molar-refractivity contribution < 1.29 is 28.3 Å². The normalized spacial score (nSPS) is 15.6. The molecule has 1 aliphatic carbocycles. The minimum absolute atomic E-state index is 0.0487. The number of hydrogen-bond donors (Lipinski definition) is 4. The third kappa shape index (κ3) is 10.6. The minimum atomic E-state index is -4.03. The SMILES string of the molecule is CC(C)c1nc(CN(C)C(=O)N[C@H](C(=O)N[C@@H](Cc2ccccc2)[C@H](O)CN(CC2CCC2)S(=O)(=O)c2ccc(C=NO)cc2)C(C)C)cs1. The molecule has 0 aliphatic heterocycles. The van der Waals surface area contributed by atoms with Crippen LogP contribution in [0.2, 0.25) is 0 Å². The van der Waals surface area contributed by atoms with Crippen LogP contribution in [0, 0.1) is 11.8 Å². The maximum atomic E-state index is 14.0. The second-order valence-corrected chi connectivity index (χ2v) is 16.5. The third-order valence-corrected chi connectivity index (χ3v) is 12.0. The van der Waals surface area contributed by atoms with Crippen molar-refractivity contribution in [1.29, 1.82) is 0 Å². The van der Waals surface area contributed by atoms with Crippen molar-refractivity contribution in [3.8, 4) is 0 Å². The molecule has 0 spiro atoms. The summed E-state index contributed by atoms with van der Waals surface area (Å²) < 4.78 is 29.2. The Kier molecular flexibility index (Phi) is 13.9. The summed E-state index contributed by atoms with van der Waals surface area (Å²) in [6, 6.07) is 13.1. The van der Waals surface area contributed by atoms with E-state index in [0.717, 1.165) is 35.5 Å². The van der Waals surface area contributed by atoms with Crippen molar-refractivity contribution in [2.45, 2.75) is 88.9 Å². The molecule has 1 fully saturated rings. The highest BCUT2D eigenvalue weighted by atomic mass is 32.2. The molecule has 2 aromatic carbocycles. The number of thiazole rings is 1. The number of nitrogens with one attached hydrogen (secondary N) is 2. The molecule has 0 bridgehead atoms. The topological polar surface area (TPSA) is 165 Å². The van der Waals surface area contributed by atoms with E-state index in [0.29, 0.717) is 5.56 Å². The largest absolute Gasteiger partial charge is 0.411 e. The van der Waals surface area contributed by atoms with Crippen LogP contribution in [0.25, 0.3) is 0 Å². The minimum Gasteiger partial charge on any atom is -0.411 e. The van der Waals surface area contributed by atoms with E-state index >= 15 is 0 Å². The number of aliphatic hydroxyl groups is 1. The highest BCUT2D eigenvalue weighted by Crippen LogP contribution is 2.30. The van der Waals surface area contributed by atoms with Gasteiger partial charge in [0.2, 0.25) is 15.9 Å². The van der Waals surface area contributed by atoms with Gasteiger partial charge in [0.05, 0.1) is 40.5 Å². The van der Waals surface area contributed by atoms with Crippen LogP contribution in [0.5, 0.6) is 0 Å². The lowest BCUT2D eigenvalue weighted by Gasteiger charge is -2.35. The van der Waals surface area contributed by atoms with Crippen molar-refractivity contribution in [2.24, 2.45) is 17.0 Å². The summed E-state index contributed by atoms with van der Waals surface area (Å²) in [5, 5.41) is 32.3. The fourth-order valence-corrected chi connectivity index (χ4v) is 8.05.